The molecule has 0 unspecified atom stereocenters. The van der Waals surface area contributed by atoms with Crippen LogP contribution in [0.15, 0.2) is 17.5 Å². The molecule has 23 heavy (non-hydrogen) atoms. The van der Waals surface area contributed by atoms with Crippen LogP contribution in [-0.4, -0.2) is 49.1 Å². The Morgan fingerprint density at radius 1 is 1.26 bits per heavy atom. The van der Waals surface area contributed by atoms with Crippen molar-refractivity contribution >= 4 is 23.2 Å². The third-order valence-corrected chi connectivity index (χ3v) is 5.55. The first-order chi connectivity index (χ1) is 11.3. The van der Waals surface area contributed by atoms with Gasteiger partial charge in [-0.15, -0.1) is 11.3 Å². The van der Waals surface area contributed by atoms with E-state index in [1.165, 1.54) is 11.3 Å². The first kappa shape index (κ1) is 16.5. The van der Waals surface area contributed by atoms with E-state index in [9.17, 15) is 9.59 Å². The summed E-state index contributed by atoms with van der Waals surface area (Å²) in [5.41, 5.74) is 0. The molecule has 1 N–H and O–H groups in total. The van der Waals surface area contributed by atoms with E-state index in [-0.39, 0.29) is 23.8 Å². The second kappa shape index (κ2) is 7.93. The van der Waals surface area contributed by atoms with E-state index in [4.69, 9.17) is 4.74 Å². The molecule has 0 spiro atoms. The summed E-state index contributed by atoms with van der Waals surface area (Å²) < 4.78 is 5.54. The van der Waals surface area contributed by atoms with E-state index >= 15 is 0 Å². The molecule has 2 amide bonds. The summed E-state index contributed by atoms with van der Waals surface area (Å²) in [5.74, 6) is 0.0406. The quantitative estimate of drug-likeness (QED) is 0.856. The Morgan fingerprint density at radius 2 is 2.13 bits per heavy atom. The lowest BCUT2D eigenvalue weighted by atomic mass is 9.82. The van der Waals surface area contributed by atoms with Crippen molar-refractivity contribution in [1.82, 2.24) is 10.2 Å². The van der Waals surface area contributed by atoms with Crippen LogP contribution in [0.5, 0.6) is 0 Å². The molecule has 5 nitrogen and oxygen atoms in total. The highest BCUT2D eigenvalue weighted by molar-refractivity contribution is 7.12. The van der Waals surface area contributed by atoms with Crippen molar-refractivity contribution in [3.63, 3.8) is 0 Å². The molecule has 0 aromatic carbocycles. The summed E-state index contributed by atoms with van der Waals surface area (Å²) in [6, 6.07) is 3.78. The summed E-state index contributed by atoms with van der Waals surface area (Å²) in [4.78, 5) is 28.2. The van der Waals surface area contributed by atoms with E-state index in [1.54, 1.807) is 0 Å². The molecule has 0 bridgehead atoms. The van der Waals surface area contributed by atoms with Gasteiger partial charge in [0.1, 0.15) is 0 Å². The first-order valence-corrected chi connectivity index (χ1v) is 9.35. The highest BCUT2D eigenvalue weighted by atomic mass is 32.1. The van der Waals surface area contributed by atoms with E-state index in [0.29, 0.717) is 26.3 Å². The standard InChI is InChI=1S/C17H24N2O3S/c20-16-13-5-1-2-6-14(13)19(9-4-10-22-11-8-18-16)17(21)15-7-3-12-23-15/h3,7,12-14H,1-2,4-6,8-11H2,(H,18,20)/t13-,14+/m1/s1. The summed E-state index contributed by atoms with van der Waals surface area (Å²) in [6.07, 6.45) is 4.74. The number of ether oxygens (including phenoxy) is 1. The molecule has 2 aliphatic rings. The van der Waals surface area contributed by atoms with Gasteiger partial charge in [-0.2, -0.15) is 0 Å². The Bertz CT molecular complexity index is 532. The number of carbonyl (C=O) groups excluding carboxylic acids is 2. The first-order valence-electron chi connectivity index (χ1n) is 8.47. The number of hydrogen-bond acceptors (Lipinski definition) is 4. The smallest absolute Gasteiger partial charge is 0.264 e. The van der Waals surface area contributed by atoms with E-state index < -0.39 is 0 Å². The molecule has 1 saturated heterocycles. The predicted molar refractivity (Wildman–Crippen MR) is 89.5 cm³/mol. The largest absolute Gasteiger partial charge is 0.380 e. The van der Waals surface area contributed by atoms with Crippen LogP contribution in [0.3, 0.4) is 0 Å². The number of nitrogens with one attached hydrogen (secondary N) is 1. The summed E-state index contributed by atoms with van der Waals surface area (Å²) in [5, 5.41) is 4.90. The molecular weight excluding hydrogens is 312 g/mol. The van der Waals surface area contributed by atoms with Crippen molar-refractivity contribution in [3.05, 3.63) is 22.4 Å². The summed E-state index contributed by atoms with van der Waals surface area (Å²) in [6.45, 7) is 2.38. The van der Waals surface area contributed by atoms with Crippen LogP contribution in [0.4, 0.5) is 0 Å². The second-order valence-corrected chi connectivity index (χ2v) is 7.14. The van der Waals surface area contributed by atoms with Crippen LogP contribution in [-0.2, 0) is 9.53 Å². The Labute approximate surface area is 141 Å². The molecule has 126 valence electrons. The highest BCUT2D eigenvalue weighted by Crippen LogP contribution is 2.30. The molecular formula is C17H24N2O3S. The van der Waals surface area contributed by atoms with Gasteiger partial charge in [-0.3, -0.25) is 9.59 Å². The maximum atomic E-state index is 12.9. The summed E-state index contributed by atoms with van der Waals surface area (Å²) in [7, 11) is 0. The normalized spacial score (nSPS) is 26.8. The number of thiophene rings is 1. The van der Waals surface area contributed by atoms with Crippen molar-refractivity contribution in [2.75, 3.05) is 26.3 Å². The van der Waals surface area contributed by atoms with Gasteiger partial charge in [0.05, 0.1) is 17.4 Å². The molecule has 1 saturated carbocycles. The minimum atomic E-state index is -0.0919. The average molecular weight is 336 g/mol. The average Bonchev–Trinajstić information content (AvgIpc) is 3.10. The zero-order valence-electron chi connectivity index (χ0n) is 13.3. The van der Waals surface area contributed by atoms with Gasteiger partial charge in [0.2, 0.25) is 5.91 Å². The SMILES string of the molecule is O=C1NCCOCCCN(C(=O)c2cccs2)[C@H]2CCCC[C@@H]12. The third-order valence-electron chi connectivity index (χ3n) is 4.69. The molecule has 0 radical (unpaired) electrons. The van der Waals surface area contributed by atoms with Crippen molar-refractivity contribution in [1.29, 1.82) is 0 Å². The fraction of sp³-hybridized carbons (Fsp3) is 0.647. The van der Waals surface area contributed by atoms with Crippen LogP contribution < -0.4 is 5.32 Å². The van der Waals surface area contributed by atoms with Gasteiger partial charge >= 0.3 is 0 Å². The Morgan fingerprint density at radius 3 is 2.96 bits per heavy atom. The van der Waals surface area contributed by atoms with Gasteiger partial charge in [0.25, 0.3) is 5.91 Å². The topological polar surface area (TPSA) is 58.6 Å². The van der Waals surface area contributed by atoms with Gasteiger partial charge in [0, 0.05) is 25.7 Å². The van der Waals surface area contributed by atoms with E-state index in [0.717, 1.165) is 37.0 Å². The highest BCUT2D eigenvalue weighted by Gasteiger charge is 2.37. The lowest BCUT2D eigenvalue weighted by Crippen LogP contribution is -2.51. The second-order valence-electron chi connectivity index (χ2n) is 6.19. The van der Waals surface area contributed by atoms with Crippen LogP contribution >= 0.6 is 11.3 Å². The number of nitrogens with zero attached hydrogens (tertiary/aromatic N) is 1. The fourth-order valence-electron chi connectivity index (χ4n) is 3.57. The maximum absolute atomic E-state index is 12.9. The predicted octanol–water partition coefficient (Wildman–Crippen LogP) is 2.29. The molecule has 1 aliphatic heterocycles. The summed E-state index contributed by atoms with van der Waals surface area (Å²) >= 11 is 1.47. The molecule has 2 heterocycles. The molecule has 2 fully saturated rings. The van der Waals surface area contributed by atoms with Crippen LogP contribution in [0.25, 0.3) is 0 Å². The minimum absolute atomic E-state index is 0.0106. The zero-order chi connectivity index (χ0) is 16.1. The van der Waals surface area contributed by atoms with E-state index in [1.807, 2.05) is 22.4 Å². The monoisotopic (exact) mass is 336 g/mol. The van der Waals surface area contributed by atoms with Gasteiger partial charge < -0.3 is 15.0 Å². The molecule has 1 aliphatic carbocycles. The lowest BCUT2D eigenvalue weighted by molar-refractivity contribution is -0.128. The molecule has 6 heteroatoms. The minimum Gasteiger partial charge on any atom is -0.380 e. The van der Waals surface area contributed by atoms with Gasteiger partial charge in [-0.1, -0.05) is 18.9 Å². The Kier molecular flexibility index (Phi) is 5.67. The van der Waals surface area contributed by atoms with Crippen LogP contribution in [0.2, 0.25) is 0 Å². The third kappa shape index (κ3) is 3.93. The number of carbonyl (C=O) groups is 2. The van der Waals surface area contributed by atoms with Crippen LogP contribution in [0, 0.1) is 5.92 Å². The van der Waals surface area contributed by atoms with Gasteiger partial charge in [-0.25, -0.2) is 0 Å². The molecule has 1 aromatic heterocycles. The van der Waals surface area contributed by atoms with Gasteiger partial charge in [-0.05, 0) is 30.7 Å². The molecule has 2 atom stereocenters. The maximum Gasteiger partial charge on any atom is 0.264 e. The molecule has 1 aromatic rings. The van der Waals surface area contributed by atoms with Gasteiger partial charge in [0.15, 0.2) is 0 Å². The number of amides is 2. The van der Waals surface area contributed by atoms with E-state index in [2.05, 4.69) is 5.32 Å². The number of rotatable bonds is 1. The van der Waals surface area contributed by atoms with Crippen molar-refractivity contribution < 1.29 is 14.3 Å². The van der Waals surface area contributed by atoms with Crippen molar-refractivity contribution in [2.24, 2.45) is 5.92 Å². The molecule has 3 rings (SSSR count). The Balaban J connectivity index is 1.85. The van der Waals surface area contributed by atoms with Crippen molar-refractivity contribution in [3.8, 4) is 0 Å². The van der Waals surface area contributed by atoms with Crippen LogP contribution in [0.1, 0.15) is 41.8 Å². The zero-order valence-corrected chi connectivity index (χ0v) is 14.1. The number of fused-ring (bicyclic) bond motifs is 1. The van der Waals surface area contributed by atoms with Crippen molar-refractivity contribution in [2.45, 2.75) is 38.1 Å². The number of hydrogen-bond donors (Lipinski definition) is 1. The Hall–Kier alpha value is -1.40. The fourth-order valence-corrected chi connectivity index (χ4v) is 4.25. The lowest BCUT2D eigenvalue weighted by Gasteiger charge is -2.39.